The van der Waals surface area contributed by atoms with Gasteiger partial charge in [0, 0.05) is 16.3 Å². The highest BCUT2D eigenvalue weighted by Gasteiger charge is 2.23. The predicted molar refractivity (Wildman–Crippen MR) is 108 cm³/mol. The van der Waals surface area contributed by atoms with E-state index in [0.29, 0.717) is 21.8 Å². The minimum atomic E-state index is -0.825. The maximum atomic E-state index is 12.9. The third kappa shape index (κ3) is 4.74. The average molecular weight is 379 g/mol. The van der Waals surface area contributed by atoms with E-state index >= 15 is 0 Å². The molecule has 3 aromatic carbocycles. The Morgan fingerprint density at radius 2 is 1.48 bits per heavy atom. The Morgan fingerprint density at radius 3 is 2.15 bits per heavy atom. The molecule has 27 heavy (non-hydrogen) atoms. The molecule has 1 unspecified atom stereocenters. The van der Waals surface area contributed by atoms with Gasteiger partial charge in [-0.15, -0.1) is 0 Å². The summed E-state index contributed by atoms with van der Waals surface area (Å²) in [4.78, 5) is 25.6. The maximum Gasteiger partial charge on any atom is 0.252 e. The van der Waals surface area contributed by atoms with Crippen molar-refractivity contribution in [3.63, 3.8) is 0 Å². The van der Waals surface area contributed by atoms with E-state index < -0.39 is 6.04 Å². The number of halogens is 1. The zero-order valence-corrected chi connectivity index (χ0v) is 15.5. The van der Waals surface area contributed by atoms with Crippen molar-refractivity contribution < 1.29 is 9.59 Å². The monoisotopic (exact) mass is 378 g/mol. The van der Waals surface area contributed by atoms with Crippen molar-refractivity contribution in [2.45, 2.75) is 13.0 Å². The molecule has 2 N–H and O–H groups in total. The van der Waals surface area contributed by atoms with Crippen LogP contribution in [0.4, 0.5) is 5.69 Å². The summed E-state index contributed by atoms with van der Waals surface area (Å²) in [7, 11) is 0. The largest absolute Gasteiger partial charge is 0.336 e. The molecular formula is C22H19ClN2O2. The number of benzene rings is 3. The Labute approximate surface area is 163 Å². The first-order valence-electron chi connectivity index (χ1n) is 8.52. The Bertz CT molecular complexity index is 940. The lowest BCUT2D eigenvalue weighted by Crippen LogP contribution is -2.37. The third-order valence-electron chi connectivity index (χ3n) is 4.18. The first-order valence-corrected chi connectivity index (χ1v) is 8.90. The van der Waals surface area contributed by atoms with Gasteiger partial charge in [-0.05, 0) is 48.4 Å². The first kappa shape index (κ1) is 18.7. The molecule has 0 saturated heterocycles. The van der Waals surface area contributed by atoms with Gasteiger partial charge in [-0.1, -0.05) is 60.1 Å². The molecule has 4 nitrogen and oxygen atoms in total. The van der Waals surface area contributed by atoms with Crippen molar-refractivity contribution in [2.24, 2.45) is 0 Å². The molecule has 0 heterocycles. The summed E-state index contributed by atoms with van der Waals surface area (Å²) in [6.45, 7) is 1.92. The minimum absolute atomic E-state index is 0.308. The number of para-hydroxylation sites is 1. The van der Waals surface area contributed by atoms with Crippen molar-refractivity contribution in [1.29, 1.82) is 0 Å². The first-order chi connectivity index (χ1) is 13.0. The average Bonchev–Trinajstić information content (AvgIpc) is 2.69. The van der Waals surface area contributed by atoms with Crippen molar-refractivity contribution in [2.75, 3.05) is 5.32 Å². The maximum absolute atomic E-state index is 12.9. The number of aryl methyl sites for hydroxylation is 1. The second-order valence-corrected chi connectivity index (χ2v) is 6.56. The second kappa shape index (κ2) is 8.52. The van der Waals surface area contributed by atoms with Gasteiger partial charge in [-0.2, -0.15) is 0 Å². The van der Waals surface area contributed by atoms with E-state index in [1.807, 2.05) is 61.5 Å². The van der Waals surface area contributed by atoms with Gasteiger partial charge in [-0.3, -0.25) is 9.59 Å². The highest BCUT2D eigenvalue weighted by atomic mass is 35.5. The van der Waals surface area contributed by atoms with E-state index in [0.717, 1.165) is 5.56 Å². The summed E-state index contributed by atoms with van der Waals surface area (Å²) < 4.78 is 0. The van der Waals surface area contributed by atoms with Crippen LogP contribution in [0.2, 0.25) is 5.02 Å². The van der Waals surface area contributed by atoms with Crippen molar-refractivity contribution in [3.8, 4) is 0 Å². The van der Waals surface area contributed by atoms with Gasteiger partial charge in [0.25, 0.3) is 11.8 Å². The fourth-order valence-corrected chi connectivity index (χ4v) is 2.81. The quantitative estimate of drug-likeness (QED) is 0.672. The zero-order valence-electron chi connectivity index (χ0n) is 14.8. The second-order valence-electron chi connectivity index (χ2n) is 6.13. The minimum Gasteiger partial charge on any atom is -0.336 e. The zero-order chi connectivity index (χ0) is 19.2. The number of nitrogens with one attached hydrogen (secondary N) is 2. The summed E-state index contributed by atoms with van der Waals surface area (Å²) in [5.74, 6) is -0.654. The molecule has 0 aliphatic heterocycles. The van der Waals surface area contributed by atoms with E-state index in [1.54, 1.807) is 24.3 Å². The lowest BCUT2D eigenvalue weighted by atomic mass is 10.0. The molecule has 3 rings (SSSR count). The van der Waals surface area contributed by atoms with Crippen LogP contribution in [-0.2, 0) is 4.79 Å². The van der Waals surface area contributed by atoms with Crippen LogP contribution in [0.3, 0.4) is 0 Å². The summed E-state index contributed by atoms with van der Waals surface area (Å²) in [5, 5.41) is 6.26. The van der Waals surface area contributed by atoms with Crippen LogP contribution in [0.5, 0.6) is 0 Å². The molecule has 0 radical (unpaired) electrons. The molecule has 0 aromatic heterocycles. The molecule has 1 atom stereocenters. The number of anilines is 1. The van der Waals surface area contributed by atoms with Gasteiger partial charge in [-0.25, -0.2) is 0 Å². The summed E-state index contributed by atoms with van der Waals surface area (Å²) >= 11 is 5.88. The third-order valence-corrected chi connectivity index (χ3v) is 4.43. The van der Waals surface area contributed by atoms with Gasteiger partial charge in [0.05, 0.1) is 0 Å². The predicted octanol–water partition coefficient (Wildman–Crippen LogP) is 4.76. The Hall–Kier alpha value is -3.11. The number of amides is 2. The van der Waals surface area contributed by atoms with Gasteiger partial charge < -0.3 is 10.6 Å². The van der Waals surface area contributed by atoms with E-state index in [4.69, 9.17) is 11.6 Å². The Morgan fingerprint density at radius 1 is 0.852 bits per heavy atom. The van der Waals surface area contributed by atoms with Gasteiger partial charge in [0.2, 0.25) is 0 Å². The molecule has 0 spiro atoms. The summed E-state index contributed by atoms with van der Waals surface area (Å²) in [5.41, 5.74) is 2.79. The van der Waals surface area contributed by atoms with E-state index in [-0.39, 0.29) is 11.8 Å². The molecule has 2 amide bonds. The standard InChI is InChI=1S/C22H19ClN2O2/c1-15-7-5-6-10-19(15)24-22(27)20(16-8-3-2-4-9-16)25-21(26)17-11-13-18(23)14-12-17/h2-14,20H,1H3,(H,24,27)(H,25,26). The van der Waals surface area contributed by atoms with E-state index in [1.165, 1.54) is 0 Å². The number of rotatable bonds is 5. The van der Waals surface area contributed by atoms with Gasteiger partial charge >= 0.3 is 0 Å². The molecule has 136 valence electrons. The van der Waals surface area contributed by atoms with Crippen LogP contribution < -0.4 is 10.6 Å². The molecule has 0 aliphatic carbocycles. The van der Waals surface area contributed by atoms with Crippen LogP contribution in [0.1, 0.15) is 27.5 Å². The molecular weight excluding hydrogens is 360 g/mol. The van der Waals surface area contributed by atoms with Crippen molar-refractivity contribution >= 4 is 29.1 Å². The van der Waals surface area contributed by atoms with Crippen LogP contribution in [-0.4, -0.2) is 11.8 Å². The van der Waals surface area contributed by atoms with Gasteiger partial charge in [0.15, 0.2) is 0 Å². The number of carbonyl (C=O) groups is 2. The molecule has 0 saturated carbocycles. The lowest BCUT2D eigenvalue weighted by Gasteiger charge is -2.19. The molecule has 0 fully saturated rings. The Balaban J connectivity index is 1.85. The number of hydrogen-bond acceptors (Lipinski definition) is 2. The molecule has 5 heteroatoms. The van der Waals surface area contributed by atoms with Gasteiger partial charge in [0.1, 0.15) is 6.04 Å². The molecule has 0 bridgehead atoms. The lowest BCUT2D eigenvalue weighted by molar-refractivity contribution is -0.118. The van der Waals surface area contributed by atoms with E-state index in [9.17, 15) is 9.59 Å². The molecule has 0 aliphatic rings. The fourth-order valence-electron chi connectivity index (χ4n) is 2.68. The number of carbonyl (C=O) groups excluding carboxylic acids is 2. The SMILES string of the molecule is Cc1ccccc1NC(=O)C(NC(=O)c1ccc(Cl)cc1)c1ccccc1. The van der Waals surface area contributed by atoms with Crippen LogP contribution >= 0.6 is 11.6 Å². The van der Waals surface area contributed by atoms with Crippen molar-refractivity contribution in [3.05, 3.63) is 101 Å². The van der Waals surface area contributed by atoms with Crippen LogP contribution in [0.15, 0.2) is 78.9 Å². The molecule has 3 aromatic rings. The Kier molecular flexibility index (Phi) is 5.89. The summed E-state index contributed by atoms with van der Waals surface area (Å²) in [6, 6.07) is 22.4. The summed E-state index contributed by atoms with van der Waals surface area (Å²) in [6.07, 6.45) is 0. The van der Waals surface area contributed by atoms with Crippen LogP contribution in [0.25, 0.3) is 0 Å². The van der Waals surface area contributed by atoms with E-state index in [2.05, 4.69) is 10.6 Å². The fraction of sp³-hybridized carbons (Fsp3) is 0.0909. The topological polar surface area (TPSA) is 58.2 Å². The smallest absolute Gasteiger partial charge is 0.252 e. The highest BCUT2D eigenvalue weighted by molar-refractivity contribution is 6.30. The van der Waals surface area contributed by atoms with Crippen molar-refractivity contribution in [1.82, 2.24) is 5.32 Å². The normalized spacial score (nSPS) is 11.5. The van der Waals surface area contributed by atoms with Crippen LogP contribution in [0, 0.1) is 6.92 Å². The highest BCUT2D eigenvalue weighted by Crippen LogP contribution is 2.19. The number of hydrogen-bond donors (Lipinski definition) is 2.